The van der Waals surface area contributed by atoms with E-state index in [9.17, 15) is 4.79 Å². The molecule has 4 heteroatoms. The van der Waals surface area contributed by atoms with E-state index in [2.05, 4.69) is 25.7 Å². The van der Waals surface area contributed by atoms with Gasteiger partial charge in [0.05, 0.1) is 0 Å². The maximum Gasteiger partial charge on any atom is 0.345 e. The van der Waals surface area contributed by atoms with Crippen molar-refractivity contribution in [1.29, 1.82) is 0 Å². The van der Waals surface area contributed by atoms with Crippen LogP contribution in [-0.4, -0.2) is 28.6 Å². The second kappa shape index (κ2) is 6.01. The Balaban J connectivity index is 2.66. The second-order valence-corrected chi connectivity index (χ2v) is 5.30. The van der Waals surface area contributed by atoms with E-state index < -0.39 is 5.97 Å². The van der Waals surface area contributed by atoms with Crippen LogP contribution in [0.25, 0.3) is 0 Å². The molecule has 0 aromatic carbocycles. The predicted molar refractivity (Wildman–Crippen MR) is 67.1 cm³/mol. The topological polar surface area (TPSA) is 40.5 Å². The first-order chi connectivity index (χ1) is 7.54. The van der Waals surface area contributed by atoms with Crippen LogP contribution in [0.15, 0.2) is 12.1 Å². The highest BCUT2D eigenvalue weighted by Gasteiger charge is 2.12. The molecule has 0 atom stereocenters. The zero-order valence-electron chi connectivity index (χ0n) is 10.1. The van der Waals surface area contributed by atoms with Crippen LogP contribution in [0.1, 0.15) is 41.7 Å². The molecule has 90 valence electrons. The van der Waals surface area contributed by atoms with Crippen molar-refractivity contribution in [3.8, 4) is 0 Å². The van der Waals surface area contributed by atoms with E-state index in [0.717, 1.165) is 24.4 Å². The number of hydrogen-bond donors (Lipinski definition) is 1. The molecule has 0 amide bonds. The highest BCUT2D eigenvalue weighted by molar-refractivity contribution is 7.13. The van der Waals surface area contributed by atoms with Crippen LogP contribution in [0.2, 0.25) is 0 Å². The summed E-state index contributed by atoms with van der Waals surface area (Å²) in [5, 5.41) is 8.84. The molecule has 3 nitrogen and oxygen atoms in total. The normalized spacial score (nSPS) is 11.3. The smallest absolute Gasteiger partial charge is 0.345 e. The van der Waals surface area contributed by atoms with Gasteiger partial charge in [-0.15, -0.1) is 11.3 Å². The van der Waals surface area contributed by atoms with Crippen LogP contribution in [0.3, 0.4) is 0 Å². The number of carboxylic acid groups (broad SMARTS) is 1. The molecule has 1 rings (SSSR count). The van der Waals surface area contributed by atoms with E-state index >= 15 is 0 Å². The average Bonchev–Trinajstić information content (AvgIpc) is 2.65. The molecular formula is C12H19NO2S. The molecule has 0 radical (unpaired) electrons. The van der Waals surface area contributed by atoms with Crippen molar-refractivity contribution < 1.29 is 9.90 Å². The maximum atomic E-state index is 10.8. The molecule has 1 aromatic heterocycles. The summed E-state index contributed by atoms with van der Waals surface area (Å²) in [6.45, 7) is 8.40. The van der Waals surface area contributed by atoms with Crippen LogP contribution < -0.4 is 0 Å². The Hall–Kier alpha value is -0.870. The lowest BCUT2D eigenvalue weighted by atomic mass is 10.2. The summed E-state index contributed by atoms with van der Waals surface area (Å²) in [4.78, 5) is 14.7. The monoisotopic (exact) mass is 241 g/mol. The average molecular weight is 241 g/mol. The molecule has 16 heavy (non-hydrogen) atoms. The van der Waals surface area contributed by atoms with Gasteiger partial charge in [-0.25, -0.2) is 4.79 Å². The first-order valence-corrected chi connectivity index (χ1v) is 6.42. The highest BCUT2D eigenvalue weighted by Crippen LogP contribution is 2.19. The Morgan fingerprint density at radius 2 is 2.19 bits per heavy atom. The number of thiophene rings is 1. The Kier molecular flexibility index (Phi) is 4.96. The van der Waals surface area contributed by atoms with Crippen LogP contribution in [0.4, 0.5) is 0 Å². The van der Waals surface area contributed by atoms with E-state index in [-0.39, 0.29) is 0 Å². The predicted octanol–water partition coefficient (Wildman–Crippen LogP) is 3.07. The van der Waals surface area contributed by atoms with Gasteiger partial charge in [0.2, 0.25) is 0 Å². The molecule has 0 aliphatic heterocycles. The molecule has 1 heterocycles. The van der Waals surface area contributed by atoms with Gasteiger partial charge in [-0.2, -0.15) is 0 Å². The third-order valence-corrected chi connectivity index (χ3v) is 3.53. The minimum Gasteiger partial charge on any atom is -0.477 e. The van der Waals surface area contributed by atoms with Gasteiger partial charge in [0.1, 0.15) is 4.88 Å². The molecule has 0 unspecified atom stereocenters. The first kappa shape index (κ1) is 13.2. The van der Waals surface area contributed by atoms with Gasteiger partial charge in [0.15, 0.2) is 0 Å². The summed E-state index contributed by atoms with van der Waals surface area (Å²) >= 11 is 1.37. The SMILES string of the molecule is CCCN(Cc1ccc(C(=O)O)s1)C(C)C. The van der Waals surface area contributed by atoms with Gasteiger partial charge in [-0.3, -0.25) is 4.90 Å². The fourth-order valence-electron chi connectivity index (χ4n) is 1.59. The van der Waals surface area contributed by atoms with Gasteiger partial charge in [0.25, 0.3) is 0 Å². The van der Waals surface area contributed by atoms with Gasteiger partial charge in [0, 0.05) is 17.5 Å². The minimum atomic E-state index is -0.831. The van der Waals surface area contributed by atoms with Crippen molar-refractivity contribution >= 4 is 17.3 Å². The Morgan fingerprint density at radius 3 is 2.62 bits per heavy atom. The number of rotatable bonds is 6. The van der Waals surface area contributed by atoms with Gasteiger partial charge in [-0.1, -0.05) is 6.92 Å². The largest absolute Gasteiger partial charge is 0.477 e. The van der Waals surface area contributed by atoms with Gasteiger partial charge < -0.3 is 5.11 Å². The zero-order valence-corrected chi connectivity index (χ0v) is 10.9. The Morgan fingerprint density at radius 1 is 1.50 bits per heavy atom. The molecule has 0 bridgehead atoms. The third kappa shape index (κ3) is 3.61. The molecule has 0 fully saturated rings. The number of nitrogens with zero attached hydrogens (tertiary/aromatic N) is 1. The quantitative estimate of drug-likeness (QED) is 0.832. The van der Waals surface area contributed by atoms with Crippen molar-refractivity contribution in [2.24, 2.45) is 0 Å². The molecule has 1 aromatic rings. The second-order valence-electron chi connectivity index (χ2n) is 4.14. The number of aromatic carboxylic acids is 1. The van der Waals surface area contributed by atoms with E-state index in [1.54, 1.807) is 6.07 Å². The standard InChI is InChI=1S/C12H19NO2S/c1-4-7-13(9(2)3)8-10-5-6-11(16-10)12(14)15/h5-6,9H,4,7-8H2,1-3H3,(H,14,15). The lowest BCUT2D eigenvalue weighted by Crippen LogP contribution is -2.30. The number of carbonyl (C=O) groups is 1. The Bertz CT molecular complexity index is 347. The summed E-state index contributed by atoms with van der Waals surface area (Å²) in [6.07, 6.45) is 1.12. The molecule has 1 N–H and O–H groups in total. The van der Waals surface area contributed by atoms with Crippen molar-refractivity contribution in [3.05, 3.63) is 21.9 Å². The van der Waals surface area contributed by atoms with Gasteiger partial charge in [-0.05, 0) is 38.9 Å². The number of carboxylic acids is 1. The summed E-state index contributed by atoms with van der Waals surface area (Å²) < 4.78 is 0. The fourth-order valence-corrected chi connectivity index (χ4v) is 2.46. The van der Waals surface area contributed by atoms with E-state index in [0.29, 0.717) is 10.9 Å². The summed E-state index contributed by atoms with van der Waals surface area (Å²) in [6, 6.07) is 4.10. The van der Waals surface area contributed by atoms with E-state index in [4.69, 9.17) is 5.11 Å². The molecule has 0 saturated carbocycles. The first-order valence-electron chi connectivity index (χ1n) is 5.60. The number of hydrogen-bond acceptors (Lipinski definition) is 3. The zero-order chi connectivity index (χ0) is 12.1. The lowest BCUT2D eigenvalue weighted by molar-refractivity contribution is 0.0702. The van der Waals surface area contributed by atoms with E-state index in [1.165, 1.54) is 11.3 Å². The Labute approximate surface area is 101 Å². The lowest BCUT2D eigenvalue weighted by Gasteiger charge is -2.25. The summed E-state index contributed by atoms with van der Waals surface area (Å²) in [7, 11) is 0. The molecule has 0 saturated heterocycles. The highest BCUT2D eigenvalue weighted by atomic mass is 32.1. The minimum absolute atomic E-state index is 0.426. The molecule has 0 aliphatic carbocycles. The van der Waals surface area contributed by atoms with Crippen molar-refractivity contribution in [3.63, 3.8) is 0 Å². The fraction of sp³-hybridized carbons (Fsp3) is 0.583. The van der Waals surface area contributed by atoms with Crippen LogP contribution in [0, 0.1) is 0 Å². The van der Waals surface area contributed by atoms with Crippen molar-refractivity contribution in [2.75, 3.05) is 6.54 Å². The summed E-state index contributed by atoms with van der Waals surface area (Å²) in [5.41, 5.74) is 0. The third-order valence-electron chi connectivity index (χ3n) is 2.47. The van der Waals surface area contributed by atoms with Gasteiger partial charge >= 0.3 is 5.97 Å². The molecule has 0 spiro atoms. The summed E-state index contributed by atoms with van der Waals surface area (Å²) in [5.74, 6) is -0.831. The van der Waals surface area contributed by atoms with Crippen molar-refractivity contribution in [2.45, 2.75) is 39.8 Å². The van der Waals surface area contributed by atoms with Crippen LogP contribution >= 0.6 is 11.3 Å². The van der Waals surface area contributed by atoms with Crippen molar-refractivity contribution in [1.82, 2.24) is 4.90 Å². The van der Waals surface area contributed by atoms with Crippen LogP contribution in [0.5, 0.6) is 0 Å². The maximum absolute atomic E-state index is 10.8. The molecular weight excluding hydrogens is 222 g/mol. The van der Waals surface area contributed by atoms with E-state index in [1.807, 2.05) is 6.07 Å². The van der Waals surface area contributed by atoms with Crippen LogP contribution in [-0.2, 0) is 6.54 Å². The molecule has 0 aliphatic rings.